The molecule has 5 heteroatoms. The Hall–Kier alpha value is -2.30. The number of carboxylic acid groups (broad SMARTS) is 1. The van der Waals surface area contributed by atoms with Crippen molar-refractivity contribution in [1.29, 1.82) is 0 Å². The van der Waals surface area contributed by atoms with Gasteiger partial charge in [-0.3, -0.25) is 0 Å². The molecule has 0 aliphatic heterocycles. The van der Waals surface area contributed by atoms with Crippen molar-refractivity contribution in [3.8, 4) is 0 Å². The number of carboxylic acids is 1. The van der Waals surface area contributed by atoms with Gasteiger partial charge < -0.3 is 14.4 Å². The van der Waals surface area contributed by atoms with Gasteiger partial charge in [0.2, 0.25) is 0 Å². The Kier molecular flexibility index (Phi) is 3.85. The molecule has 0 aliphatic carbocycles. The number of benzene rings is 1. The van der Waals surface area contributed by atoms with E-state index >= 15 is 0 Å². The lowest BCUT2D eigenvalue weighted by atomic mass is 10.1. The van der Waals surface area contributed by atoms with Crippen LogP contribution in [-0.2, 0) is 6.54 Å². The van der Waals surface area contributed by atoms with Crippen LogP contribution in [0.4, 0.5) is 10.1 Å². The van der Waals surface area contributed by atoms with E-state index in [0.717, 1.165) is 5.76 Å². The Morgan fingerprint density at radius 2 is 2.21 bits per heavy atom. The summed E-state index contributed by atoms with van der Waals surface area (Å²) in [4.78, 5) is 12.7. The number of hydrogen-bond acceptors (Lipinski definition) is 3. The fraction of sp³-hybridized carbons (Fsp3) is 0.214. The van der Waals surface area contributed by atoms with Gasteiger partial charge in [0.15, 0.2) is 0 Å². The van der Waals surface area contributed by atoms with Gasteiger partial charge in [0.25, 0.3) is 0 Å². The van der Waals surface area contributed by atoms with E-state index in [1.54, 1.807) is 18.4 Å². The SMILES string of the molecule is CCN(Cc1ccco1)c1ccc(C(=O)O)c(F)c1. The van der Waals surface area contributed by atoms with Crippen LogP contribution in [0.3, 0.4) is 0 Å². The van der Waals surface area contributed by atoms with Gasteiger partial charge in [-0.1, -0.05) is 0 Å². The van der Waals surface area contributed by atoms with Gasteiger partial charge in [0.1, 0.15) is 11.6 Å². The molecule has 1 aromatic carbocycles. The Morgan fingerprint density at radius 3 is 2.74 bits per heavy atom. The first-order valence-corrected chi connectivity index (χ1v) is 5.92. The average molecular weight is 263 g/mol. The van der Waals surface area contributed by atoms with Crippen molar-refractivity contribution in [2.75, 3.05) is 11.4 Å². The van der Waals surface area contributed by atoms with Gasteiger partial charge in [0, 0.05) is 12.2 Å². The molecule has 19 heavy (non-hydrogen) atoms. The Balaban J connectivity index is 2.23. The number of hydrogen-bond donors (Lipinski definition) is 1. The molecule has 2 aromatic rings. The van der Waals surface area contributed by atoms with E-state index in [9.17, 15) is 9.18 Å². The van der Waals surface area contributed by atoms with Gasteiger partial charge >= 0.3 is 5.97 Å². The number of anilines is 1. The van der Waals surface area contributed by atoms with Crippen LogP contribution in [0.5, 0.6) is 0 Å². The molecule has 0 fully saturated rings. The van der Waals surface area contributed by atoms with Crippen LogP contribution in [0.15, 0.2) is 41.0 Å². The Morgan fingerprint density at radius 1 is 1.42 bits per heavy atom. The number of carbonyl (C=O) groups is 1. The van der Waals surface area contributed by atoms with Crippen LogP contribution in [0.25, 0.3) is 0 Å². The van der Waals surface area contributed by atoms with Gasteiger partial charge in [0.05, 0.1) is 18.4 Å². The molecule has 1 aromatic heterocycles. The maximum absolute atomic E-state index is 13.6. The van der Waals surface area contributed by atoms with Crippen LogP contribution in [0.2, 0.25) is 0 Å². The molecule has 2 rings (SSSR count). The third kappa shape index (κ3) is 2.93. The maximum Gasteiger partial charge on any atom is 0.338 e. The highest BCUT2D eigenvalue weighted by Gasteiger charge is 2.13. The van der Waals surface area contributed by atoms with Crippen molar-refractivity contribution in [3.05, 3.63) is 53.7 Å². The van der Waals surface area contributed by atoms with E-state index in [4.69, 9.17) is 9.52 Å². The van der Waals surface area contributed by atoms with Crippen LogP contribution in [0.1, 0.15) is 23.0 Å². The molecule has 1 N–H and O–H groups in total. The van der Waals surface area contributed by atoms with E-state index in [0.29, 0.717) is 18.8 Å². The molecule has 0 aliphatic rings. The summed E-state index contributed by atoms with van der Waals surface area (Å²) in [5.41, 5.74) is 0.305. The molecule has 0 radical (unpaired) electrons. The van der Waals surface area contributed by atoms with E-state index in [1.165, 1.54) is 12.1 Å². The maximum atomic E-state index is 13.6. The normalized spacial score (nSPS) is 10.4. The van der Waals surface area contributed by atoms with Crippen LogP contribution >= 0.6 is 0 Å². The van der Waals surface area contributed by atoms with Crippen molar-refractivity contribution < 1.29 is 18.7 Å². The minimum Gasteiger partial charge on any atom is -0.478 e. The second kappa shape index (κ2) is 5.56. The Bertz CT molecular complexity index is 566. The van der Waals surface area contributed by atoms with Gasteiger partial charge in [-0.25, -0.2) is 9.18 Å². The van der Waals surface area contributed by atoms with Crippen molar-refractivity contribution >= 4 is 11.7 Å². The topological polar surface area (TPSA) is 53.7 Å². The monoisotopic (exact) mass is 263 g/mol. The third-order valence-electron chi connectivity index (χ3n) is 2.86. The predicted molar refractivity (Wildman–Crippen MR) is 68.8 cm³/mol. The zero-order valence-electron chi connectivity index (χ0n) is 10.5. The highest BCUT2D eigenvalue weighted by molar-refractivity contribution is 5.88. The molecule has 100 valence electrons. The van der Waals surface area contributed by atoms with E-state index in [-0.39, 0.29) is 5.56 Å². The molecule has 1 heterocycles. The molecular formula is C14H14FNO3. The first-order chi connectivity index (χ1) is 9.11. The van der Waals surface area contributed by atoms with Gasteiger partial charge in [-0.05, 0) is 37.3 Å². The second-order valence-electron chi connectivity index (χ2n) is 4.06. The molecule has 0 spiro atoms. The Labute approximate surface area is 110 Å². The second-order valence-corrected chi connectivity index (χ2v) is 4.06. The summed E-state index contributed by atoms with van der Waals surface area (Å²) in [5, 5.41) is 8.79. The summed E-state index contributed by atoms with van der Waals surface area (Å²) in [6, 6.07) is 7.73. The summed E-state index contributed by atoms with van der Waals surface area (Å²) in [5.74, 6) is -1.23. The quantitative estimate of drug-likeness (QED) is 0.900. The van der Waals surface area contributed by atoms with Crippen molar-refractivity contribution in [3.63, 3.8) is 0 Å². The molecule has 0 bridgehead atoms. The van der Waals surface area contributed by atoms with Crippen LogP contribution < -0.4 is 4.90 Å². The van der Waals surface area contributed by atoms with Gasteiger partial charge in [-0.15, -0.1) is 0 Å². The fourth-order valence-electron chi connectivity index (χ4n) is 1.85. The third-order valence-corrected chi connectivity index (χ3v) is 2.86. The lowest BCUT2D eigenvalue weighted by Gasteiger charge is -2.22. The lowest BCUT2D eigenvalue weighted by Crippen LogP contribution is -2.22. The molecule has 4 nitrogen and oxygen atoms in total. The van der Waals surface area contributed by atoms with E-state index in [2.05, 4.69) is 0 Å². The molecule has 0 amide bonds. The number of nitrogens with zero attached hydrogens (tertiary/aromatic N) is 1. The van der Waals surface area contributed by atoms with Gasteiger partial charge in [-0.2, -0.15) is 0 Å². The smallest absolute Gasteiger partial charge is 0.338 e. The highest BCUT2D eigenvalue weighted by Crippen LogP contribution is 2.21. The number of rotatable bonds is 5. The lowest BCUT2D eigenvalue weighted by molar-refractivity contribution is 0.0692. The zero-order valence-corrected chi connectivity index (χ0v) is 10.5. The average Bonchev–Trinajstić information content (AvgIpc) is 2.88. The first-order valence-electron chi connectivity index (χ1n) is 5.92. The minimum atomic E-state index is -1.27. The van der Waals surface area contributed by atoms with Crippen LogP contribution in [-0.4, -0.2) is 17.6 Å². The first kappa shape index (κ1) is 13.1. The molecular weight excluding hydrogens is 249 g/mol. The summed E-state index contributed by atoms with van der Waals surface area (Å²) >= 11 is 0. The number of halogens is 1. The van der Waals surface area contributed by atoms with E-state index in [1.807, 2.05) is 17.9 Å². The highest BCUT2D eigenvalue weighted by atomic mass is 19.1. The largest absolute Gasteiger partial charge is 0.478 e. The predicted octanol–water partition coefficient (Wildman–Crippen LogP) is 3.14. The van der Waals surface area contributed by atoms with E-state index < -0.39 is 11.8 Å². The summed E-state index contributed by atoms with van der Waals surface area (Å²) < 4.78 is 18.9. The molecule has 0 saturated carbocycles. The minimum absolute atomic E-state index is 0.321. The number of aromatic carboxylic acids is 1. The van der Waals surface area contributed by atoms with Crippen molar-refractivity contribution in [1.82, 2.24) is 0 Å². The van der Waals surface area contributed by atoms with Crippen molar-refractivity contribution in [2.24, 2.45) is 0 Å². The summed E-state index contributed by atoms with van der Waals surface area (Å²) in [6.07, 6.45) is 1.58. The zero-order chi connectivity index (χ0) is 13.8. The summed E-state index contributed by atoms with van der Waals surface area (Å²) in [6.45, 7) is 3.11. The molecule has 0 saturated heterocycles. The standard InChI is InChI=1S/C14H14FNO3/c1-2-16(9-11-4-3-7-19-11)10-5-6-12(14(17)18)13(15)8-10/h3-8H,2,9H2,1H3,(H,17,18). The molecule has 0 unspecified atom stereocenters. The molecule has 0 atom stereocenters. The number of furan rings is 1. The van der Waals surface area contributed by atoms with Crippen molar-refractivity contribution in [2.45, 2.75) is 13.5 Å². The van der Waals surface area contributed by atoms with Crippen LogP contribution in [0, 0.1) is 5.82 Å². The summed E-state index contributed by atoms with van der Waals surface area (Å²) in [7, 11) is 0. The fourth-order valence-corrected chi connectivity index (χ4v) is 1.85.